The first-order valence-corrected chi connectivity index (χ1v) is 11.7. The molecule has 0 aromatic heterocycles. The molecule has 178 valence electrons. The molecule has 0 heterocycles. The van der Waals surface area contributed by atoms with Crippen molar-refractivity contribution in [3.05, 3.63) is 0 Å². The van der Waals surface area contributed by atoms with Crippen LogP contribution in [0.4, 0.5) is 0 Å². The molecule has 4 atom stereocenters. The van der Waals surface area contributed by atoms with Gasteiger partial charge in [0.15, 0.2) is 0 Å². The minimum absolute atomic E-state index is 0.0162. The van der Waals surface area contributed by atoms with E-state index in [1.807, 2.05) is 20.1 Å². The number of primary amides is 1. The number of carboxylic acids is 1. The van der Waals surface area contributed by atoms with E-state index in [2.05, 4.69) is 28.6 Å². The number of carbonyl (C=O) groups excluding carboxylic acids is 4. The summed E-state index contributed by atoms with van der Waals surface area (Å²) in [6, 6.07) is -4.53. The molecule has 0 saturated heterocycles. The molecule has 0 rings (SSSR count). The number of thiol groups is 1. The van der Waals surface area contributed by atoms with Crippen molar-refractivity contribution in [1.29, 1.82) is 0 Å². The number of hydrogen-bond donors (Lipinski definition) is 7. The van der Waals surface area contributed by atoms with Gasteiger partial charge < -0.3 is 32.5 Å². The van der Waals surface area contributed by atoms with Crippen molar-refractivity contribution in [2.75, 3.05) is 17.8 Å². The Morgan fingerprint density at radius 1 is 0.968 bits per heavy atom. The van der Waals surface area contributed by atoms with Crippen molar-refractivity contribution < 1.29 is 29.1 Å². The molecule has 0 aliphatic heterocycles. The third-order valence-corrected chi connectivity index (χ3v) is 5.15. The Balaban J connectivity index is 5.38. The quantitative estimate of drug-likeness (QED) is 0.137. The van der Waals surface area contributed by atoms with Gasteiger partial charge in [0.2, 0.25) is 23.6 Å². The summed E-state index contributed by atoms with van der Waals surface area (Å²) in [7, 11) is 0. The van der Waals surface area contributed by atoms with Crippen LogP contribution in [0.3, 0.4) is 0 Å². The number of thioether (sulfide) groups is 1. The van der Waals surface area contributed by atoms with Gasteiger partial charge in [-0.05, 0) is 30.8 Å². The fraction of sp³-hybridized carbons (Fsp3) is 0.722. The van der Waals surface area contributed by atoms with E-state index < -0.39 is 60.2 Å². The Morgan fingerprint density at radius 2 is 1.48 bits per heavy atom. The predicted molar refractivity (Wildman–Crippen MR) is 122 cm³/mol. The molecule has 13 heteroatoms. The third-order valence-electron chi connectivity index (χ3n) is 4.15. The zero-order chi connectivity index (χ0) is 24.1. The minimum Gasteiger partial charge on any atom is -0.480 e. The second-order valence-corrected chi connectivity index (χ2v) is 8.74. The van der Waals surface area contributed by atoms with Crippen LogP contribution in [0, 0.1) is 5.92 Å². The number of nitrogens with two attached hydrogens (primary N) is 2. The van der Waals surface area contributed by atoms with E-state index in [9.17, 15) is 24.0 Å². The maximum atomic E-state index is 12.8. The maximum Gasteiger partial charge on any atom is 0.327 e. The van der Waals surface area contributed by atoms with Gasteiger partial charge in [-0.15, -0.1) is 0 Å². The lowest BCUT2D eigenvalue weighted by atomic mass is 10.0. The summed E-state index contributed by atoms with van der Waals surface area (Å²) < 4.78 is 0. The number of aliphatic carboxylic acids is 1. The highest BCUT2D eigenvalue weighted by atomic mass is 32.2. The van der Waals surface area contributed by atoms with Crippen molar-refractivity contribution in [2.24, 2.45) is 17.4 Å². The van der Waals surface area contributed by atoms with Gasteiger partial charge in [-0.25, -0.2) is 4.79 Å². The number of hydrogen-bond acceptors (Lipinski definition) is 8. The Hall–Kier alpha value is -1.99. The normalized spacial score (nSPS) is 14.8. The van der Waals surface area contributed by atoms with Crippen LogP contribution in [0.15, 0.2) is 0 Å². The monoisotopic (exact) mass is 479 g/mol. The van der Waals surface area contributed by atoms with Crippen LogP contribution in [-0.4, -0.2) is 76.6 Å². The highest BCUT2D eigenvalue weighted by Crippen LogP contribution is 2.08. The number of carboxylic acid groups (broad SMARTS) is 1. The van der Waals surface area contributed by atoms with Crippen LogP contribution in [0.5, 0.6) is 0 Å². The summed E-state index contributed by atoms with van der Waals surface area (Å²) >= 11 is 5.39. The summed E-state index contributed by atoms with van der Waals surface area (Å²) in [6.45, 7) is 3.69. The van der Waals surface area contributed by atoms with Crippen LogP contribution in [0.2, 0.25) is 0 Å². The molecule has 0 fully saturated rings. The number of amides is 4. The van der Waals surface area contributed by atoms with Crippen molar-refractivity contribution in [1.82, 2.24) is 16.0 Å². The van der Waals surface area contributed by atoms with Crippen LogP contribution in [-0.2, 0) is 24.0 Å². The van der Waals surface area contributed by atoms with Gasteiger partial charge in [0.05, 0.1) is 12.5 Å². The molecule has 0 bridgehead atoms. The standard InChI is InChI=1S/C18H33N5O6S2/c1-9(2)6-11(21-15(25)10(19)4-5-31-3)16(26)22-12(7-14(20)24)17(27)23-13(8-30)18(28)29/h9-13,30H,4-8,19H2,1-3H3,(H2,20,24)(H,21,25)(H,22,26)(H,23,27)(H,28,29). The second-order valence-electron chi connectivity index (χ2n) is 7.39. The van der Waals surface area contributed by atoms with Crippen molar-refractivity contribution >= 4 is 54.0 Å². The second kappa shape index (κ2) is 14.9. The van der Waals surface area contributed by atoms with Crippen LogP contribution < -0.4 is 27.4 Å². The maximum absolute atomic E-state index is 12.8. The zero-order valence-electron chi connectivity index (χ0n) is 17.9. The van der Waals surface area contributed by atoms with Gasteiger partial charge in [-0.1, -0.05) is 13.8 Å². The number of carbonyl (C=O) groups is 5. The first-order chi connectivity index (χ1) is 14.4. The topological polar surface area (TPSA) is 194 Å². The molecule has 0 radical (unpaired) electrons. The molecule has 0 aliphatic carbocycles. The average molecular weight is 480 g/mol. The molecule has 0 aromatic rings. The molecule has 4 unspecified atom stereocenters. The van der Waals surface area contributed by atoms with Gasteiger partial charge >= 0.3 is 5.97 Å². The van der Waals surface area contributed by atoms with Crippen molar-refractivity contribution in [3.8, 4) is 0 Å². The smallest absolute Gasteiger partial charge is 0.327 e. The van der Waals surface area contributed by atoms with E-state index in [0.717, 1.165) is 0 Å². The molecule has 0 spiro atoms. The van der Waals surface area contributed by atoms with E-state index in [1.54, 1.807) is 0 Å². The lowest BCUT2D eigenvalue weighted by molar-refractivity contribution is -0.141. The largest absolute Gasteiger partial charge is 0.480 e. The van der Waals surface area contributed by atoms with Crippen molar-refractivity contribution in [3.63, 3.8) is 0 Å². The summed E-state index contributed by atoms with van der Waals surface area (Å²) in [5, 5.41) is 16.2. The predicted octanol–water partition coefficient (Wildman–Crippen LogP) is -1.54. The lowest BCUT2D eigenvalue weighted by Gasteiger charge is -2.25. The van der Waals surface area contributed by atoms with Gasteiger partial charge in [-0.2, -0.15) is 24.4 Å². The fourth-order valence-electron chi connectivity index (χ4n) is 2.50. The molecule has 0 aliphatic rings. The molecular formula is C18H33N5O6S2. The average Bonchev–Trinajstić information content (AvgIpc) is 2.67. The zero-order valence-corrected chi connectivity index (χ0v) is 19.6. The minimum atomic E-state index is -1.41. The van der Waals surface area contributed by atoms with Crippen LogP contribution in [0.25, 0.3) is 0 Å². The van der Waals surface area contributed by atoms with Gasteiger partial charge in [0.1, 0.15) is 18.1 Å². The highest BCUT2D eigenvalue weighted by Gasteiger charge is 2.31. The third kappa shape index (κ3) is 11.8. The first-order valence-electron chi connectivity index (χ1n) is 9.70. The van der Waals surface area contributed by atoms with Crippen LogP contribution >= 0.6 is 24.4 Å². The highest BCUT2D eigenvalue weighted by molar-refractivity contribution is 7.98. The molecule has 0 aromatic carbocycles. The Kier molecular flexibility index (Phi) is 14.0. The molecule has 8 N–H and O–H groups in total. The Bertz CT molecular complexity index is 649. The van der Waals surface area contributed by atoms with E-state index in [0.29, 0.717) is 12.2 Å². The van der Waals surface area contributed by atoms with Gasteiger partial charge in [-0.3, -0.25) is 19.2 Å². The van der Waals surface area contributed by atoms with Crippen molar-refractivity contribution in [2.45, 2.75) is 57.3 Å². The SMILES string of the molecule is CSCCC(N)C(=O)NC(CC(C)C)C(=O)NC(CC(N)=O)C(=O)NC(CS)C(=O)O. The first kappa shape index (κ1) is 29.0. The van der Waals surface area contributed by atoms with E-state index >= 15 is 0 Å². The van der Waals surface area contributed by atoms with E-state index in [-0.39, 0.29) is 18.1 Å². The lowest BCUT2D eigenvalue weighted by Crippen LogP contribution is -2.58. The number of nitrogens with one attached hydrogen (secondary N) is 3. The van der Waals surface area contributed by atoms with E-state index in [4.69, 9.17) is 16.6 Å². The fourth-order valence-corrected chi connectivity index (χ4v) is 3.24. The van der Waals surface area contributed by atoms with Crippen LogP contribution in [0.1, 0.15) is 33.1 Å². The summed E-state index contributed by atoms with van der Waals surface area (Å²) in [5.41, 5.74) is 11.0. The summed E-state index contributed by atoms with van der Waals surface area (Å²) in [4.78, 5) is 60.1. The van der Waals surface area contributed by atoms with E-state index in [1.165, 1.54) is 11.8 Å². The molecule has 4 amide bonds. The Morgan fingerprint density at radius 3 is 1.94 bits per heavy atom. The summed E-state index contributed by atoms with van der Waals surface area (Å²) in [5.74, 6) is -3.82. The molecule has 11 nitrogen and oxygen atoms in total. The molecular weight excluding hydrogens is 446 g/mol. The molecule has 0 saturated carbocycles. The van der Waals surface area contributed by atoms with Gasteiger partial charge in [0, 0.05) is 5.75 Å². The Labute approximate surface area is 191 Å². The molecule has 31 heavy (non-hydrogen) atoms. The summed E-state index contributed by atoms with van der Waals surface area (Å²) in [6.07, 6.45) is 2.01. The number of rotatable bonds is 15. The van der Waals surface area contributed by atoms with Gasteiger partial charge in [0.25, 0.3) is 0 Å².